The van der Waals surface area contributed by atoms with E-state index in [4.69, 9.17) is 14.0 Å². The average molecular weight is 364 g/mol. The van der Waals surface area contributed by atoms with Gasteiger partial charge in [0.25, 0.3) is 5.91 Å². The summed E-state index contributed by atoms with van der Waals surface area (Å²) in [6.07, 6.45) is 0. The fourth-order valence-corrected chi connectivity index (χ4v) is 2.76. The van der Waals surface area contributed by atoms with Gasteiger partial charge in [-0.05, 0) is 19.9 Å². The summed E-state index contributed by atoms with van der Waals surface area (Å²) in [6.45, 7) is 3.48. The summed E-state index contributed by atoms with van der Waals surface area (Å²) < 4.78 is 15.8. The number of hydrogen-bond donors (Lipinski definition) is 1. The van der Waals surface area contributed by atoms with Crippen LogP contribution < -0.4 is 14.8 Å². The van der Waals surface area contributed by atoms with E-state index < -0.39 is 5.91 Å². The number of nitrogens with one attached hydrogen (secondary N) is 1. The van der Waals surface area contributed by atoms with Crippen molar-refractivity contribution >= 4 is 17.4 Å². The minimum atomic E-state index is -0.512. The lowest BCUT2D eigenvalue weighted by molar-refractivity contribution is 0.0988. The molecule has 0 aliphatic carbocycles. The monoisotopic (exact) mass is 364 g/mol. The first-order chi connectivity index (χ1) is 13.0. The minimum absolute atomic E-state index is 0.0396. The van der Waals surface area contributed by atoms with Crippen molar-refractivity contribution in [3.8, 4) is 22.8 Å². The highest BCUT2D eigenvalue weighted by molar-refractivity contribution is 6.08. The predicted octanol–water partition coefficient (Wildman–Crippen LogP) is 3.83. The number of ketones is 1. The molecule has 2 aromatic carbocycles. The van der Waals surface area contributed by atoms with Crippen LogP contribution in [-0.2, 0) is 0 Å². The van der Waals surface area contributed by atoms with Crippen LogP contribution in [0.25, 0.3) is 11.3 Å². The number of carbonyl (C=O) groups excluding carboxylic acids is 2. The van der Waals surface area contributed by atoms with Gasteiger partial charge in [0.15, 0.2) is 17.3 Å². The van der Waals surface area contributed by atoms with Gasteiger partial charge in [-0.25, -0.2) is 0 Å². The first kappa shape index (κ1) is 16.8. The third-order valence-electron chi connectivity index (χ3n) is 4.22. The van der Waals surface area contributed by atoms with Crippen LogP contribution in [0.1, 0.15) is 33.4 Å². The van der Waals surface area contributed by atoms with E-state index in [1.54, 1.807) is 18.2 Å². The van der Waals surface area contributed by atoms with Gasteiger partial charge in [0.1, 0.15) is 5.69 Å². The predicted molar refractivity (Wildman–Crippen MR) is 97.2 cm³/mol. The van der Waals surface area contributed by atoms with Gasteiger partial charge in [0.2, 0.25) is 12.6 Å². The Bertz CT molecular complexity index is 1040. The molecule has 0 saturated heterocycles. The van der Waals surface area contributed by atoms with E-state index in [1.165, 1.54) is 6.92 Å². The average Bonchev–Trinajstić information content (AvgIpc) is 3.30. The Balaban J connectivity index is 1.60. The molecule has 0 spiro atoms. The van der Waals surface area contributed by atoms with Crippen LogP contribution in [0.15, 0.2) is 47.0 Å². The Morgan fingerprint density at radius 1 is 1.04 bits per heavy atom. The van der Waals surface area contributed by atoms with Crippen LogP contribution in [0.3, 0.4) is 0 Å². The van der Waals surface area contributed by atoms with Crippen LogP contribution in [0.5, 0.6) is 11.5 Å². The van der Waals surface area contributed by atoms with Gasteiger partial charge < -0.3 is 19.3 Å². The zero-order valence-corrected chi connectivity index (χ0v) is 14.7. The topological polar surface area (TPSA) is 90.7 Å². The molecule has 27 heavy (non-hydrogen) atoms. The van der Waals surface area contributed by atoms with Crippen LogP contribution >= 0.6 is 0 Å². The lowest BCUT2D eigenvalue weighted by Gasteiger charge is -2.09. The molecule has 0 saturated carbocycles. The summed E-state index contributed by atoms with van der Waals surface area (Å²) >= 11 is 0. The first-order valence-corrected chi connectivity index (χ1v) is 8.31. The fourth-order valence-electron chi connectivity index (χ4n) is 2.76. The molecule has 1 amide bonds. The number of carbonyl (C=O) groups is 2. The van der Waals surface area contributed by atoms with Gasteiger partial charge >= 0.3 is 0 Å². The number of hydrogen-bond acceptors (Lipinski definition) is 6. The second-order valence-corrected chi connectivity index (χ2v) is 6.20. The van der Waals surface area contributed by atoms with E-state index in [1.807, 2.05) is 31.2 Å². The van der Waals surface area contributed by atoms with Gasteiger partial charge in [-0.3, -0.25) is 9.59 Å². The molecule has 3 aromatic rings. The Kier molecular flexibility index (Phi) is 4.12. The number of ether oxygens (including phenoxy) is 2. The quantitative estimate of drug-likeness (QED) is 0.708. The maximum atomic E-state index is 12.6. The highest BCUT2D eigenvalue weighted by atomic mass is 16.7. The summed E-state index contributed by atoms with van der Waals surface area (Å²) in [4.78, 5) is 24.5. The van der Waals surface area contributed by atoms with Crippen molar-refractivity contribution in [3.63, 3.8) is 0 Å². The standard InChI is InChI=1S/C20H16N2O5/c1-11-3-5-13(6-4-11)15-8-19(27-22-15)20(24)21-16-9-18-17(25-10-26-18)7-14(16)12(2)23/h3-9H,10H2,1-2H3,(H,21,24). The summed E-state index contributed by atoms with van der Waals surface area (Å²) in [7, 11) is 0. The smallest absolute Gasteiger partial charge is 0.294 e. The highest BCUT2D eigenvalue weighted by Gasteiger charge is 2.22. The molecule has 1 aliphatic heterocycles. The van der Waals surface area contributed by atoms with Crippen LogP contribution in [0, 0.1) is 6.92 Å². The number of amides is 1. The van der Waals surface area contributed by atoms with Crippen molar-refractivity contribution in [3.05, 3.63) is 59.4 Å². The zero-order chi connectivity index (χ0) is 19.0. The van der Waals surface area contributed by atoms with Gasteiger partial charge in [0.05, 0.1) is 5.69 Å². The molecule has 0 radical (unpaired) electrons. The number of Topliss-reactive ketones (excluding diaryl/α,β-unsaturated/α-hetero) is 1. The number of fused-ring (bicyclic) bond motifs is 1. The van der Waals surface area contributed by atoms with Crippen molar-refractivity contribution < 1.29 is 23.6 Å². The second kappa shape index (κ2) is 6.60. The van der Waals surface area contributed by atoms with E-state index in [9.17, 15) is 9.59 Å². The van der Waals surface area contributed by atoms with E-state index in [2.05, 4.69) is 10.5 Å². The molecule has 0 bridgehead atoms. The van der Waals surface area contributed by atoms with Crippen LogP contribution in [0.2, 0.25) is 0 Å². The molecule has 2 heterocycles. The SMILES string of the molecule is CC(=O)c1cc2c(cc1NC(=O)c1cc(-c3ccc(C)cc3)no1)OCO2. The Hall–Kier alpha value is -3.61. The Morgan fingerprint density at radius 3 is 2.44 bits per heavy atom. The molecule has 0 fully saturated rings. The number of aryl methyl sites for hydroxylation is 1. The normalized spacial score (nSPS) is 12.1. The Morgan fingerprint density at radius 2 is 1.74 bits per heavy atom. The first-order valence-electron chi connectivity index (χ1n) is 8.31. The molecule has 1 aromatic heterocycles. The summed E-state index contributed by atoms with van der Waals surface area (Å²) in [6, 6.07) is 12.4. The number of nitrogens with zero attached hydrogens (tertiary/aromatic N) is 1. The van der Waals surface area contributed by atoms with Crippen LogP contribution in [-0.4, -0.2) is 23.6 Å². The molecule has 1 N–H and O–H groups in total. The molecule has 0 atom stereocenters. The van der Waals surface area contributed by atoms with Crippen molar-refractivity contribution in [2.24, 2.45) is 0 Å². The number of anilines is 1. The number of benzene rings is 2. The molecule has 0 unspecified atom stereocenters. The summed E-state index contributed by atoms with van der Waals surface area (Å²) in [5, 5.41) is 6.63. The van der Waals surface area contributed by atoms with Gasteiger partial charge in [-0.1, -0.05) is 35.0 Å². The van der Waals surface area contributed by atoms with Crippen molar-refractivity contribution in [1.82, 2.24) is 5.16 Å². The van der Waals surface area contributed by atoms with Gasteiger partial charge in [-0.2, -0.15) is 0 Å². The van der Waals surface area contributed by atoms with E-state index in [0.29, 0.717) is 28.4 Å². The maximum Gasteiger partial charge on any atom is 0.294 e. The lowest BCUT2D eigenvalue weighted by atomic mass is 10.1. The largest absolute Gasteiger partial charge is 0.454 e. The minimum Gasteiger partial charge on any atom is -0.454 e. The third kappa shape index (κ3) is 3.27. The zero-order valence-electron chi connectivity index (χ0n) is 14.7. The van der Waals surface area contributed by atoms with Gasteiger partial charge in [-0.15, -0.1) is 0 Å². The summed E-state index contributed by atoms with van der Waals surface area (Å²) in [5.41, 5.74) is 3.17. The molecule has 7 nitrogen and oxygen atoms in total. The van der Waals surface area contributed by atoms with Crippen LogP contribution in [0.4, 0.5) is 5.69 Å². The molecule has 7 heteroatoms. The fraction of sp³-hybridized carbons (Fsp3) is 0.150. The molecule has 136 valence electrons. The molecular formula is C20H16N2O5. The molecule has 1 aliphatic rings. The lowest BCUT2D eigenvalue weighted by Crippen LogP contribution is -2.13. The van der Waals surface area contributed by atoms with E-state index in [-0.39, 0.29) is 18.3 Å². The second-order valence-electron chi connectivity index (χ2n) is 6.20. The maximum absolute atomic E-state index is 12.6. The van der Waals surface area contributed by atoms with E-state index in [0.717, 1.165) is 11.1 Å². The number of aromatic nitrogens is 1. The summed E-state index contributed by atoms with van der Waals surface area (Å²) in [5.74, 6) is 0.259. The van der Waals surface area contributed by atoms with Crippen molar-refractivity contribution in [2.75, 3.05) is 12.1 Å². The van der Waals surface area contributed by atoms with E-state index >= 15 is 0 Å². The molecule has 4 rings (SSSR count). The van der Waals surface area contributed by atoms with Crippen molar-refractivity contribution in [1.29, 1.82) is 0 Å². The number of rotatable bonds is 4. The van der Waals surface area contributed by atoms with Crippen molar-refractivity contribution in [2.45, 2.75) is 13.8 Å². The van der Waals surface area contributed by atoms with Gasteiger partial charge in [0, 0.05) is 23.3 Å². The molecular weight excluding hydrogens is 348 g/mol. The Labute approximate surface area is 154 Å². The highest BCUT2D eigenvalue weighted by Crippen LogP contribution is 2.37. The third-order valence-corrected chi connectivity index (χ3v) is 4.22.